The second kappa shape index (κ2) is 11.2. The Morgan fingerprint density at radius 2 is 1.42 bits per heavy atom. The van der Waals surface area contributed by atoms with Gasteiger partial charge in [-0.1, -0.05) is 30.3 Å². The van der Waals surface area contributed by atoms with Crippen LogP contribution in [0.15, 0.2) is 30.3 Å². The summed E-state index contributed by atoms with van der Waals surface area (Å²) < 4.78 is 15.9. The first-order chi connectivity index (χ1) is 12.3. The Morgan fingerprint density at radius 3 is 1.88 bits per heavy atom. The minimum atomic E-state index is -1.17. The molecule has 144 valence electrons. The van der Waals surface area contributed by atoms with Gasteiger partial charge < -0.3 is 24.4 Å². The molecule has 0 aliphatic rings. The standard InChI is InChI=1S/C18H24O8/c1-18(12-24-9-7-15(19)20,13-25-10-8-16(21)22)17(23)26-11-14-5-3-2-4-6-14/h2-6H,7-13H2,1H3,(H,19,20)(H,21,22). The average Bonchev–Trinajstić information content (AvgIpc) is 2.61. The molecule has 0 aliphatic heterocycles. The highest BCUT2D eigenvalue weighted by Gasteiger charge is 2.36. The van der Waals surface area contributed by atoms with Crippen LogP contribution < -0.4 is 0 Å². The summed E-state index contributed by atoms with van der Waals surface area (Å²) >= 11 is 0. The van der Waals surface area contributed by atoms with E-state index in [-0.39, 0.29) is 45.9 Å². The highest BCUT2D eigenvalue weighted by Crippen LogP contribution is 2.21. The van der Waals surface area contributed by atoms with Crippen LogP contribution in [-0.4, -0.2) is 54.5 Å². The lowest BCUT2D eigenvalue weighted by Crippen LogP contribution is -2.39. The summed E-state index contributed by atoms with van der Waals surface area (Å²) in [7, 11) is 0. The lowest BCUT2D eigenvalue weighted by atomic mass is 9.93. The Bertz CT molecular complexity index is 562. The number of carbonyl (C=O) groups is 3. The van der Waals surface area contributed by atoms with E-state index in [4.69, 9.17) is 24.4 Å². The maximum absolute atomic E-state index is 12.5. The van der Waals surface area contributed by atoms with Gasteiger partial charge in [0.05, 0.1) is 39.3 Å². The van der Waals surface area contributed by atoms with Crippen LogP contribution in [0.1, 0.15) is 25.3 Å². The van der Waals surface area contributed by atoms with E-state index in [1.165, 1.54) is 0 Å². The monoisotopic (exact) mass is 368 g/mol. The number of carboxylic acid groups (broad SMARTS) is 2. The van der Waals surface area contributed by atoms with Crippen LogP contribution in [0.2, 0.25) is 0 Å². The molecule has 2 N–H and O–H groups in total. The van der Waals surface area contributed by atoms with Crippen molar-refractivity contribution in [1.82, 2.24) is 0 Å². The molecular weight excluding hydrogens is 344 g/mol. The highest BCUT2D eigenvalue weighted by molar-refractivity contribution is 5.76. The van der Waals surface area contributed by atoms with Gasteiger partial charge in [-0.2, -0.15) is 0 Å². The lowest BCUT2D eigenvalue weighted by Gasteiger charge is -2.27. The minimum Gasteiger partial charge on any atom is -0.481 e. The molecule has 0 radical (unpaired) electrons. The second-order valence-corrected chi connectivity index (χ2v) is 6.02. The molecule has 1 aromatic carbocycles. The molecule has 0 saturated carbocycles. The third-order valence-corrected chi connectivity index (χ3v) is 3.47. The number of carboxylic acids is 2. The van der Waals surface area contributed by atoms with Crippen molar-refractivity contribution in [2.45, 2.75) is 26.4 Å². The predicted octanol–water partition coefficient (Wildman–Crippen LogP) is 1.72. The van der Waals surface area contributed by atoms with Crippen LogP contribution in [-0.2, 0) is 35.2 Å². The summed E-state index contributed by atoms with van der Waals surface area (Å²) in [6.45, 7) is 1.36. The number of rotatable bonds is 13. The summed E-state index contributed by atoms with van der Waals surface area (Å²) in [6, 6.07) is 9.13. The first kappa shape index (κ1) is 21.6. The quantitative estimate of drug-likeness (QED) is 0.399. The van der Waals surface area contributed by atoms with Crippen molar-refractivity contribution >= 4 is 17.9 Å². The van der Waals surface area contributed by atoms with Gasteiger partial charge in [0, 0.05) is 0 Å². The molecule has 0 aromatic heterocycles. The van der Waals surface area contributed by atoms with Gasteiger partial charge >= 0.3 is 17.9 Å². The molecule has 0 spiro atoms. The van der Waals surface area contributed by atoms with E-state index in [0.717, 1.165) is 5.56 Å². The number of hydrogen-bond acceptors (Lipinski definition) is 6. The summed E-state index contributed by atoms with van der Waals surface area (Å²) in [5.41, 5.74) is -0.354. The molecule has 0 fully saturated rings. The second-order valence-electron chi connectivity index (χ2n) is 6.02. The number of benzene rings is 1. The first-order valence-corrected chi connectivity index (χ1v) is 8.14. The third-order valence-electron chi connectivity index (χ3n) is 3.47. The molecule has 0 heterocycles. The van der Waals surface area contributed by atoms with Crippen LogP contribution in [0.4, 0.5) is 0 Å². The SMILES string of the molecule is CC(COCCC(=O)O)(COCCC(=O)O)C(=O)OCc1ccccc1. The average molecular weight is 368 g/mol. The lowest BCUT2D eigenvalue weighted by molar-refractivity contribution is -0.165. The number of esters is 1. The van der Waals surface area contributed by atoms with Crippen LogP contribution in [0.25, 0.3) is 0 Å². The number of aliphatic carboxylic acids is 2. The number of hydrogen-bond donors (Lipinski definition) is 2. The smallest absolute Gasteiger partial charge is 0.316 e. The fraction of sp³-hybridized carbons (Fsp3) is 0.500. The summed E-state index contributed by atoms with van der Waals surface area (Å²) in [6.07, 6.45) is -0.371. The molecule has 1 rings (SSSR count). The van der Waals surface area contributed by atoms with Crippen molar-refractivity contribution in [2.24, 2.45) is 5.41 Å². The molecule has 26 heavy (non-hydrogen) atoms. The molecule has 8 heteroatoms. The normalized spacial score (nSPS) is 11.1. The zero-order chi connectivity index (χ0) is 19.4. The zero-order valence-corrected chi connectivity index (χ0v) is 14.7. The van der Waals surface area contributed by atoms with E-state index in [0.29, 0.717) is 0 Å². The van der Waals surface area contributed by atoms with E-state index in [1.54, 1.807) is 6.92 Å². The topological polar surface area (TPSA) is 119 Å². The van der Waals surface area contributed by atoms with Crippen LogP contribution in [0, 0.1) is 5.41 Å². The van der Waals surface area contributed by atoms with Crippen molar-refractivity contribution in [1.29, 1.82) is 0 Å². The van der Waals surface area contributed by atoms with Crippen molar-refractivity contribution in [3.8, 4) is 0 Å². The van der Waals surface area contributed by atoms with Gasteiger partial charge in [-0.05, 0) is 12.5 Å². The Kier molecular flexibility index (Phi) is 9.32. The Morgan fingerprint density at radius 1 is 0.923 bits per heavy atom. The fourth-order valence-electron chi connectivity index (χ4n) is 1.97. The largest absolute Gasteiger partial charge is 0.481 e. The van der Waals surface area contributed by atoms with Crippen molar-refractivity contribution < 1.29 is 38.8 Å². The van der Waals surface area contributed by atoms with Gasteiger partial charge in [0.2, 0.25) is 0 Å². The van der Waals surface area contributed by atoms with Gasteiger partial charge in [0.15, 0.2) is 0 Å². The minimum absolute atomic E-state index is 0.0496. The summed E-state index contributed by atoms with van der Waals surface area (Å²) in [4.78, 5) is 33.6. The molecule has 0 bridgehead atoms. The van der Waals surface area contributed by atoms with E-state index >= 15 is 0 Å². The van der Waals surface area contributed by atoms with Crippen LogP contribution in [0.3, 0.4) is 0 Å². The van der Waals surface area contributed by atoms with Crippen molar-refractivity contribution in [2.75, 3.05) is 26.4 Å². The van der Waals surface area contributed by atoms with Crippen LogP contribution >= 0.6 is 0 Å². The molecule has 0 saturated heterocycles. The fourth-order valence-corrected chi connectivity index (χ4v) is 1.97. The molecule has 1 aromatic rings. The van der Waals surface area contributed by atoms with Gasteiger partial charge in [-0.25, -0.2) is 0 Å². The third kappa shape index (κ3) is 8.59. The molecule has 0 amide bonds. The van der Waals surface area contributed by atoms with Gasteiger partial charge in [-0.3, -0.25) is 14.4 Å². The molecule has 0 unspecified atom stereocenters. The van der Waals surface area contributed by atoms with Crippen molar-refractivity contribution in [3.05, 3.63) is 35.9 Å². The van der Waals surface area contributed by atoms with Crippen molar-refractivity contribution in [3.63, 3.8) is 0 Å². The Balaban J connectivity index is 2.59. The number of ether oxygens (including phenoxy) is 3. The molecule has 0 atom stereocenters. The maximum atomic E-state index is 12.5. The highest BCUT2D eigenvalue weighted by atomic mass is 16.5. The Labute approximate surface area is 151 Å². The maximum Gasteiger partial charge on any atom is 0.316 e. The number of carbonyl (C=O) groups excluding carboxylic acids is 1. The Hall–Kier alpha value is -2.45. The molecular formula is C18H24O8. The molecule has 0 aliphatic carbocycles. The van der Waals surface area contributed by atoms with Gasteiger partial charge in [0.1, 0.15) is 12.0 Å². The van der Waals surface area contributed by atoms with E-state index < -0.39 is 23.3 Å². The first-order valence-electron chi connectivity index (χ1n) is 8.14. The van der Waals surface area contributed by atoms with E-state index in [1.807, 2.05) is 30.3 Å². The van der Waals surface area contributed by atoms with E-state index in [2.05, 4.69) is 0 Å². The van der Waals surface area contributed by atoms with E-state index in [9.17, 15) is 14.4 Å². The summed E-state index contributed by atoms with van der Waals surface area (Å²) in [5, 5.41) is 17.3. The van der Waals surface area contributed by atoms with Gasteiger partial charge in [0.25, 0.3) is 0 Å². The zero-order valence-electron chi connectivity index (χ0n) is 14.7. The van der Waals surface area contributed by atoms with Crippen LogP contribution in [0.5, 0.6) is 0 Å². The molecule has 8 nitrogen and oxygen atoms in total. The predicted molar refractivity (Wildman–Crippen MR) is 90.5 cm³/mol. The van der Waals surface area contributed by atoms with Gasteiger partial charge in [-0.15, -0.1) is 0 Å². The summed E-state index contributed by atoms with van der Waals surface area (Å²) in [5.74, 6) is -2.57.